The van der Waals surface area contributed by atoms with Crippen molar-refractivity contribution in [3.63, 3.8) is 0 Å². The van der Waals surface area contributed by atoms with Crippen LogP contribution in [0, 0.1) is 0 Å². The van der Waals surface area contributed by atoms with E-state index < -0.39 is 6.03 Å². The molecule has 1 saturated carbocycles. The molecule has 0 aliphatic heterocycles. The Bertz CT molecular complexity index is 397. The van der Waals surface area contributed by atoms with Gasteiger partial charge < -0.3 is 21.5 Å². The molecular formula is C13H19N3O2. The molecule has 98 valence electrons. The van der Waals surface area contributed by atoms with Crippen molar-refractivity contribution in [1.82, 2.24) is 0 Å². The summed E-state index contributed by atoms with van der Waals surface area (Å²) < 4.78 is 0. The average molecular weight is 249 g/mol. The van der Waals surface area contributed by atoms with E-state index >= 15 is 0 Å². The zero-order chi connectivity index (χ0) is 13.0. The Balaban J connectivity index is 1.88. The molecule has 0 atom stereocenters. The molecule has 1 aromatic carbocycles. The molecule has 0 radical (unpaired) electrons. The molecule has 5 N–H and O–H groups in total. The molecule has 5 nitrogen and oxygen atoms in total. The fourth-order valence-corrected chi connectivity index (χ4v) is 2.25. The normalized spacial score (nSPS) is 23.4. The van der Waals surface area contributed by atoms with Crippen LogP contribution in [0.4, 0.5) is 16.2 Å². The Morgan fingerprint density at radius 2 is 1.67 bits per heavy atom. The fourth-order valence-electron chi connectivity index (χ4n) is 2.25. The van der Waals surface area contributed by atoms with E-state index in [0.29, 0.717) is 11.7 Å². The van der Waals surface area contributed by atoms with Gasteiger partial charge in [-0.3, -0.25) is 0 Å². The van der Waals surface area contributed by atoms with E-state index in [9.17, 15) is 9.90 Å². The van der Waals surface area contributed by atoms with Crippen molar-refractivity contribution in [1.29, 1.82) is 0 Å². The van der Waals surface area contributed by atoms with Crippen LogP contribution in [-0.4, -0.2) is 23.3 Å². The van der Waals surface area contributed by atoms with Gasteiger partial charge in [-0.25, -0.2) is 4.79 Å². The standard InChI is InChI=1S/C13H19N3O2/c14-13(18)16-11-3-1-9(2-4-11)15-10-5-7-12(17)8-6-10/h1-4,10,12,15,17H,5-8H2,(H3,14,16,18). The van der Waals surface area contributed by atoms with Crippen LogP contribution in [0.15, 0.2) is 24.3 Å². The molecule has 18 heavy (non-hydrogen) atoms. The Morgan fingerprint density at radius 3 is 2.22 bits per heavy atom. The lowest BCUT2D eigenvalue weighted by molar-refractivity contribution is 0.126. The van der Waals surface area contributed by atoms with Crippen LogP contribution in [0.25, 0.3) is 0 Å². The maximum atomic E-state index is 10.7. The quantitative estimate of drug-likeness (QED) is 0.659. The predicted octanol–water partition coefficient (Wildman–Crippen LogP) is 1.89. The number of hydrogen-bond acceptors (Lipinski definition) is 3. The number of amides is 2. The second-order valence-corrected chi connectivity index (χ2v) is 4.72. The smallest absolute Gasteiger partial charge is 0.316 e. The van der Waals surface area contributed by atoms with Gasteiger partial charge in [0.15, 0.2) is 0 Å². The molecule has 0 saturated heterocycles. The number of primary amides is 1. The predicted molar refractivity (Wildman–Crippen MR) is 71.5 cm³/mol. The monoisotopic (exact) mass is 249 g/mol. The second-order valence-electron chi connectivity index (χ2n) is 4.72. The highest BCUT2D eigenvalue weighted by molar-refractivity contribution is 5.87. The highest BCUT2D eigenvalue weighted by Gasteiger charge is 2.18. The molecule has 1 aliphatic rings. The highest BCUT2D eigenvalue weighted by atomic mass is 16.3. The zero-order valence-corrected chi connectivity index (χ0v) is 10.2. The summed E-state index contributed by atoms with van der Waals surface area (Å²) in [6, 6.07) is 7.31. The number of benzene rings is 1. The van der Waals surface area contributed by atoms with Crippen LogP contribution >= 0.6 is 0 Å². The second kappa shape index (κ2) is 5.73. The van der Waals surface area contributed by atoms with Gasteiger partial charge in [-0.1, -0.05) is 0 Å². The van der Waals surface area contributed by atoms with Gasteiger partial charge in [0, 0.05) is 17.4 Å². The minimum atomic E-state index is -0.558. The van der Waals surface area contributed by atoms with Gasteiger partial charge in [-0.15, -0.1) is 0 Å². The number of carbonyl (C=O) groups is 1. The van der Waals surface area contributed by atoms with E-state index in [1.165, 1.54) is 0 Å². The average Bonchev–Trinajstić information content (AvgIpc) is 2.34. The Morgan fingerprint density at radius 1 is 1.11 bits per heavy atom. The molecule has 0 aromatic heterocycles. The van der Waals surface area contributed by atoms with Crippen molar-refractivity contribution in [3.8, 4) is 0 Å². The summed E-state index contributed by atoms with van der Waals surface area (Å²) in [5.41, 5.74) is 6.74. The van der Waals surface area contributed by atoms with Crippen LogP contribution < -0.4 is 16.4 Å². The number of hydrogen-bond donors (Lipinski definition) is 4. The third-order valence-corrected chi connectivity index (χ3v) is 3.22. The van der Waals surface area contributed by atoms with E-state index in [4.69, 9.17) is 5.73 Å². The molecule has 0 heterocycles. The minimum Gasteiger partial charge on any atom is -0.393 e. The lowest BCUT2D eigenvalue weighted by atomic mass is 9.93. The maximum absolute atomic E-state index is 10.7. The first-order valence-corrected chi connectivity index (χ1v) is 6.24. The first kappa shape index (κ1) is 12.7. The van der Waals surface area contributed by atoms with Crippen molar-refractivity contribution in [3.05, 3.63) is 24.3 Å². The number of urea groups is 1. The minimum absolute atomic E-state index is 0.134. The van der Waals surface area contributed by atoms with Gasteiger partial charge in [-0.2, -0.15) is 0 Å². The SMILES string of the molecule is NC(=O)Nc1ccc(NC2CCC(O)CC2)cc1. The first-order valence-electron chi connectivity index (χ1n) is 6.24. The molecule has 0 unspecified atom stereocenters. The molecule has 0 bridgehead atoms. The van der Waals surface area contributed by atoms with Crippen molar-refractivity contribution in [2.24, 2.45) is 5.73 Å². The van der Waals surface area contributed by atoms with Crippen molar-refractivity contribution in [2.45, 2.75) is 37.8 Å². The third-order valence-electron chi connectivity index (χ3n) is 3.22. The molecular weight excluding hydrogens is 230 g/mol. The highest BCUT2D eigenvalue weighted by Crippen LogP contribution is 2.22. The van der Waals surface area contributed by atoms with Crippen LogP contribution in [0.2, 0.25) is 0 Å². The van der Waals surface area contributed by atoms with Gasteiger partial charge in [-0.05, 0) is 49.9 Å². The van der Waals surface area contributed by atoms with Gasteiger partial charge in [0.2, 0.25) is 0 Å². The van der Waals surface area contributed by atoms with Gasteiger partial charge in [0.1, 0.15) is 0 Å². The van der Waals surface area contributed by atoms with Crippen LogP contribution in [0.3, 0.4) is 0 Å². The van der Waals surface area contributed by atoms with E-state index in [0.717, 1.165) is 31.4 Å². The number of nitrogens with two attached hydrogens (primary N) is 1. The molecule has 5 heteroatoms. The summed E-state index contributed by atoms with van der Waals surface area (Å²) in [4.78, 5) is 10.7. The Labute approximate surface area is 106 Å². The van der Waals surface area contributed by atoms with Crippen LogP contribution in [0.1, 0.15) is 25.7 Å². The molecule has 1 aromatic rings. The Hall–Kier alpha value is -1.75. The molecule has 2 rings (SSSR count). The largest absolute Gasteiger partial charge is 0.393 e. The molecule has 0 spiro atoms. The van der Waals surface area contributed by atoms with Crippen LogP contribution in [-0.2, 0) is 0 Å². The number of aliphatic hydroxyl groups excluding tert-OH is 1. The van der Waals surface area contributed by atoms with Gasteiger partial charge in [0.05, 0.1) is 6.10 Å². The van der Waals surface area contributed by atoms with Crippen molar-refractivity contribution < 1.29 is 9.90 Å². The summed E-state index contributed by atoms with van der Waals surface area (Å²) in [5.74, 6) is 0. The fraction of sp³-hybridized carbons (Fsp3) is 0.462. The van der Waals surface area contributed by atoms with E-state index in [-0.39, 0.29) is 6.10 Å². The third kappa shape index (κ3) is 3.63. The summed E-state index contributed by atoms with van der Waals surface area (Å²) in [7, 11) is 0. The zero-order valence-electron chi connectivity index (χ0n) is 10.2. The van der Waals surface area contributed by atoms with Crippen molar-refractivity contribution >= 4 is 17.4 Å². The Kier molecular flexibility index (Phi) is 4.04. The summed E-state index contributed by atoms with van der Waals surface area (Å²) >= 11 is 0. The van der Waals surface area contributed by atoms with E-state index in [1.807, 2.05) is 24.3 Å². The first-order chi connectivity index (χ1) is 8.63. The lowest BCUT2D eigenvalue weighted by Gasteiger charge is -2.27. The van der Waals surface area contributed by atoms with Crippen molar-refractivity contribution in [2.75, 3.05) is 10.6 Å². The summed E-state index contributed by atoms with van der Waals surface area (Å²) in [6.07, 6.45) is 3.56. The van der Waals surface area contributed by atoms with Crippen LogP contribution in [0.5, 0.6) is 0 Å². The van der Waals surface area contributed by atoms with Gasteiger partial charge >= 0.3 is 6.03 Å². The number of rotatable bonds is 3. The van der Waals surface area contributed by atoms with Gasteiger partial charge in [0.25, 0.3) is 0 Å². The number of aliphatic hydroxyl groups is 1. The number of anilines is 2. The number of carbonyl (C=O) groups excluding carboxylic acids is 1. The molecule has 1 fully saturated rings. The van der Waals surface area contributed by atoms with E-state index in [2.05, 4.69) is 10.6 Å². The summed E-state index contributed by atoms with van der Waals surface area (Å²) in [6.45, 7) is 0. The summed E-state index contributed by atoms with van der Waals surface area (Å²) in [5, 5.41) is 15.4. The molecule has 2 amide bonds. The van der Waals surface area contributed by atoms with E-state index in [1.54, 1.807) is 0 Å². The number of nitrogens with one attached hydrogen (secondary N) is 2. The molecule has 1 aliphatic carbocycles. The lowest BCUT2D eigenvalue weighted by Crippen LogP contribution is -2.28. The topological polar surface area (TPSA) is 87.4 Å². The maximum Gasteiger partial charge on any atom is 0.316 e.